The highest BCUT2D eigenvalue weighted by Crippen LogP contribution is 2.15. The number of benzene rings is 2. The van der Waals surface area contributed by atoms with Crippen molar-refractivity contribution in [3.63, 3.8) is 0 Å². The van der Waals surface area contributed by atoms with E-state index in [0.717, 1.165) is 0 Å². The van der Waals surface area contributed by atoms with E-state index in [9.17, 15) is 13.2 Å². The van der Waals surface area contributed by atoms with Crippen LogP contribution in [0, 0.1) is 0 Å². The van der Waals surface area contributed by atoms with Crippen molar-refractivity contribution in [3.8, 4) is 5.75 Å². The maximum Gasteiger partial charge on any atom is 0.257 e. The third kappa shape index (κ3) is 7.38. The van der Waals surface area contributed by atoms with E-state index in [1.54, 1.807) is 43.5 Å². The quantitative estimate of drug-likeness (QED) is 0.376. The summed E-state index contributed by atoms with van der Waals surface area (Å²) in [5.41, 5.74) is 0.971. The third-order valence-corrected chi connectivity index (χ3v) is 5.55. The summed E-state index contributed by atoms with van der Waals surface area (Å²) in [6.07, 6.45) is 0.705. The van der Waals surface area contributed by atoms with Gasteiger partial charge in [-0.1, -0.05) is 6.92 Å². The molecule has 0 atom stereocenters. The molecule has 30 heavy (non-hydrogen) atoms. The molecule has 8 nitrogen and oxygen atoms in total. The van der Waals surface area contributed by atoms with E-state index in [1.807, 2.05) is 6.92 Å². The second-order valence-electron chi connectivity index (χ2n) is 6.20. The Labute approximate surface area is 182 Å². The summed E-state index contributed by atoms with van der Waals surface area (Å²) in [4.78, 5) is 12.5. The zero-order chi connectivity index (χ0) is 22.0. The number of hydrogen-bond donors (Lipinski definition) is 3. The lowest BCUT2D eigenvalue weighted by Gasteiger charge is -2.11. The van der Waals surface area contributed by atoms with Gasteiger partial charge in [-0.3, -0.25) is 10.1 Å². The minimum absolute atomic E-state index is 0.0973. The van der Waals surface area contributed by atoms with Crippen LogP contribution in [0.1, 0.15) is 23.7 Å². The smallest absolute Gasteiger partial charge is 0.257 e. The summed E-state index contributed by atoms with van der Waals surface area (Å²) >= 11 is 5.16. The van der Waals surface area contributed by atoms with Crippen LogP contribution in [-0.4, -0.2) is 46.3 Å². The van der Waals surface area contributed by atoms with Gasteiger partial charge in [-0.05, 0) is 67.2 Å². The summed E-state index contributed by atoms with van der Waals surface area (Å²) in [7, 11) is -1.94. The lowest BCUT2D eigenvalue weighted by atomic mass is 10.2. The molecule has 0 aliphatic rings. The fourth-order valence-corrected chi connectivity index (χ4v) is 3.66. The minimum Gasteiger partial charge on any atom is -0.491 e. The molecule has 10 heteroatoms. The largest absolute Gasteiger partial charge is 0.491 e. The summed E-state index contributed by atoms with van der Waals surface area (Å²) < 4.78 is 37.1. The molecule has 0 saturated heterocycles. The van der Waals surface area contributed by atoms with Crippen LogP contribution in [0.15, 0.2) is 53.4 Å². The van der Waals surface area contributed by atoms with Gasteiger partial charge in [0, 0.05) is 24.9 Å². The number of thiocarbonyl (C=S) groups is 1. The Bertz CT molecular complexity index is 945. The topological polar surface area (TPSA) is 106 Å². The van der Waals surface area contributed by atoms with Crippen LogP contribution < -0.4 is 20.1 Å². The molecule has 0 bridgehead atoms. The molecule has 1 amide bonds. The van der Waals surface area contributed by atoms with Crippen molar-refractivity contribution >= 4 is 38.9 Å². The average Bonchev–Trinajstić information content (AvgIpc) is 2.73. The Kier molecular flexibility index (Phi) is 9.18. The zero-order valence-corrected chi connectivity index (χ0v) is 18.4. The van der Waals surface area contributed by atoms with E-state index in [4.69, 9.17) is 21.7 Å². The van der Waals surface area contributed by atoms with Gasteiger partial charge in [-0.25, -0.2) is 13.1 Å². The first-order valence-electron chi connectivity index (χ1n) is 9.29. The van der Waals surface area contributed by atoms with E-state index in [0.29, 0.717) is 43.2 Å². The van der Waals surface area contributed by atoms with Crippen LogP contribution >= 0.6 is 12.2 Å². The van der Waals surface area contributed by atoms with Crippen molar-refractivity contribution in [2.24, 2.45) is 0 Å². The molecule has 0 aromatic heterocycles. The standard InChI is InChI=1S/C20H25N3O5S2/c1-3-12-21-30(25,26)18-10-6-16(7-11-18)22-20(29)23-19(24)15-4-8-17(9-5-15)28-14-13-27-2/h4-11,21H,3,12-14H2,1-2H3,(H2,22,23,24,29). The SMILES string of the molecule is CCCNS(=O)(=O)c1ccc(NC(=S)NC(=O)c2ccc(OCCOC)cc2)cc1. The lowest BCUT2D eigenvalue weighted by molar-refractivity contribution is 0.0977. The molecule has 2 aromatic carbocycles. The van der Waals surface area contributed by atoms with Gasteiger partial charge in [0.1, 0.15) is 12.4 Å². The van der Waals surface area contributed by atoms with Crippen molar-refractivity contribution in [3.05, 3.63) is 54.1 Å². The van der Waals surface area contributed by atoms with Gasteiger partial charge in [-0.15, -0.1) is 0 Å². The maximum absolute atomic E-state index is 12.3. The fraction of sp³-hybridized carbons (Fsp3) is 0.300. The summed E-state index contributed by atoms with van der Waals surface area (Å²) in [6.45, 7) is 3.16. The number of nitrogens with one attached hydrogen (secondary N) is 3. The van der Waals surface area contributed by atoms with Crippen LogP contribution in [0.3, 0.4) is 0 Å². The van der Waals surface area contributed by atoms with Gasteiger partial charge in [0.15, 0.2) is 5.11 Å². The van der Waals surface area contributed by atoms with Crippen LogP contribution in [0.5, 0.6) is 5.75 Å². The van der Waals surface area contributed by atoms with Crippen LogP contribution in [0.25, 0.3) is 0 Å². The molecule has 3 N–H and O–H groups in total. The molecular weight excluding hydrogens is 426 g/mol. The molecule has 0 unspecified atom stereocenters. The summed E-state index contributed by atoms with van der Waals surface area (Å²) in [5, 5.41) is 5.53. The second kappa shape index (κ2) is 11.6. The lowest BCUT2D eigenvalue weighted by Crippen LogP contribution is -2.34. The molecule has 0 radical (unpaired) electrons. The predicted octanol–water partition coefficient (Wildman–Crippen LogP) is 2.53. The molecule has 0 aliphatic carbocycles. The number of carbonyl (C=O) groups excluding carboxylic acids is 1. The maximum atomic E-state index is 12.3. The normalized spacial score (nSPS) is 11.0. The molecule has 0 spiro atoms. The van der Waals surface area contributed by atoms with Crippen LogP contribution in [-0.2, 0) is 14.8 Å². The number of amides is 1. The van der Waals surface area contributed by atoms with Crippen molar-refractivity contribution in [1.29, 1.82) is 0 Å². The molecule has 0 aliphatic heterocycles. The highest BCUT2D eigenvalue weighted by atomic mass is 32.2. The average molecular weight is 452 g/mol. The Hall–Kier alpha value is -2.53. The first kappa shape index (κ1) is 23.7. The van der Waals surface area contributed by atoms with Crippen LogP contribution in [0.2, 0.25) is 0 Å². The second-order valence-corrected chi connectivity index (χ2v) is 8.37. The Morgan fingerprint density at radius 3 is 2.30 bits per heavy atom. The Balaban J connectivity index is 1.90. The highest BCUT2D eigenvalue weighted by Gasteiger charge is 2.13. The van der Waals surface area contributed by atoms with Crippen molar-refractivity contribution in [2.45, 2.75) is 18.2 Å². The van der Waals surface area contributed by atoms with E-state index in [1.165, 1.54) is 12.1 Å². The minimum atomic E-state index is -3.53. The molecule has 0 fully saturated rings. The molecule has 0 saturated carbocycles. The van der Waals surface area contributed by atoms with E-state index in [-0.39, 0.29) is 15.9 Å². The predicted molar refractivity (Wildman–Crippen MR) is 119 cm³/mol. The first-order valence-corrected chi connectivity index (χ1v) is 11.2. The summed E-state index contributed by atoms with van der Waals surface area (Å²) in [5.74, 6) is 0.256. The van der Waals surface area contributed by atoms with E-state index >= 15 is 0 Å². The van der Waals surface area contributed by atoms with E-state index < -0.39 is 10.0 Å². The monoisotopic (exact) mass is 451 g/mol. The molecule has 2 aromatic rings. The van der Waals surface area contributed by atoms with Crippen molar-refractivity contribution < 1.29 is 22.7 Å². The molecule has 2 rings (SSSR count). The number of ether oxygens (including phenoxy) is 2. The van der Waals surface area contributed by atoms with Gasteiger partial charge in [0.2, 0.25) is 10.0 Å². The summed E-state index contributed by atoms with van der Waals surface area (Å²) in [6, 6.07) is 12.7. The van der Waals surface area contributed by atoms with Gasteiger partial charge < -0.3 is 14.8 Å². The molecule has 0 heterocycles. The number of sulfonamides is 1. The number of carbonyl (C=O) groups is 1. The molecule has 162 valence electrons. The van der Waals surface area contributed by atoms with Crippen molar-refractivity contribution in [2.75, 3.05) is 32.2 Å². The van der Waals surface area contributed by atoms with Gasteiger partial charge in [0.25, 0.3) is 5.91 Å². The first-order chi connectivity index (χ1) is 14.4. The fourth-order valence-electron chi connectivity index (χ4n) is 2.32. The number of hydrogen-bond acceptors (Lipinski definition) is 6. The highest BCUT2D eigenvalue weighted by molar-refractivity contribution is 7.89. The van der Waals surface area contributed by atoms with E-state index in [2.05, 4.69) is 15.4 Å². The number of anilines is 1. The Morgan fingerprint density at radius 2 is 1.70 bits per heavy atom. The Morgan fingerprint density at radius 1 is 1.03 bits per heavy atom. The number of rotatable bonds is 10. The molecular formula is C20H25N3O5S2. The number of methoxy groups -OCH3 is 1. The van der Waals surface area contributed by atoms with Gasteiger partial charge >= 0.3 is 0 Å². The van der Waals surface area contributed by atoms with Crippen molar-refractivity contribution in [1.82, 2.24) is 10.0 Å². The van der Waals surface area contributed by atoms with Crippen LogP contribution in [0.4, 0.5) is 5.69 Å². The zero-order valence-electron chi connectivity index (χ0n) is 16.8. The van der Waals surface area contributed by atoms with Gasteiger partial charge in [0.05, 0.1) is 11.5 Å². The third-order valence-electron chi connectivity index (χ3n) is 3.86. The van der Waals surface area contributed by atoms with Gasteiger partial charge in [-0.2, -0.15) is 0 Å².